The average Bonchev–Trinajstić information content (AvgIpc) is 2.72. The van der Waals surface area contributed by atoms with Crippen molar-refractivity contribution in [1.82, 2.24) is 14.6 Å². The fourth-order valence-corrected chi connectivity index (χ4v) is 1.87. The minimum Gasteiger partial charge on any atom is -0.398 e. The zero-order valence-corrected chi connectivity index (χ0v) is 9.54. The number of benzene rings is 1. The lowest BCUT2D eigenvalue weighted by atomic mass is 10.0. The summed E-state index contributed by atoms with van der Waals surface area (Å²) in [4.78, 5) is 4.44. The second-order valence-corrected chi connectivity index (χ2v) is 3.99. The van der Waals surface area contributed by atoms with Crippen LogP contribution in [0.1, 0.15) is 0 Å². The topological polar surface area (TPSA) is 82.2 Å². The van der Waals surface area contributed by atoms with Gasteiger partial charge in [-0.2, -0.15) is 5.10 Å². The van der Waals surface area contributed by atoms with Gasteiger partial charge in [0.15, 0.2) is 5.65 Å². The molecular formula is C12H10BN5. The smallest absolute Gasteiger partial charge is 0.150 e. The Bertz CT molecular complexity index is 734. The van der Waals surface area contributed by atoms with Crippen LogP contribution in [-0.4, -0.2) is 22.4 Å². The molecular weight excluding hydrogens is 225 g/mol. The van der Waals surface area contributed by atoms with Crippen LogP contribution in [0, 0.1) is 0 Å². The highest BCUT2D eigenvalue weighted by molar-refractivity contribution is 6.36. The molecule has 1 aromatic carbocycles. The van der Waals surface area contributed by atoms with E-state index in [1.54, 1.807) is 6.07 Å². The van der Waals surface area contributed by atoms with Crippen molar-refractivity contribution in [1.29, 1.82) is 0 Å². The standard InChI is InChI=1S/C12H10BN5/c13-8-6-16-18-11(15)5-10(17-12(8)18)7-3-1-2-4-9(7)14/h1-6H,14-15H2. The van der Waals surface area contributed by atoms with Crippen molar-refractivity contribution in [3.8, 4) is 11.3 Å². The monoisotopic (exact) mass is 235 g/mol. The van der Waals surface area contributed by atoms with Crippen LogP contribution in [0.25, 0.3) is 16.9 Å². The van der Waals surface area contributed by atoms with Gasteiger partial charge in [0.05, 0.1) is 5.69 Å². The van der Waals surface area contributed by atoms with Gasteiger partial charge < -0.3 is 11.5 Å². The summed E-state index contributed by atoms with van der Waals surface area (Å²) in [5.74, 6) is 0.468. The first kappa shape index (κ1) is 10.6. The molecule has 5 nitrogen and oxygen atoms in total. The van der Waals surface area contributed by atoms with Crippen molar-refractivity contribution in [2.45, 2.75) is 0 Å². The van der Waals surface area contributed by atoms with Crippen LogP contribution in [0.3, 0.4) is 0 Å². The summed E-state index contributed by atoms with van der Waals surface area (Å²) in [6.07, 6.45) is 1.52. The third-order valence-electron chi connectivity index (χ3n) is 2.76. The highest BCUT2D eigenvalue weighted by atomic mass is 15.3. The maximum absolute atomic E-state index is 5.93. The third kappa shape index (κ3) is 1.50. The zero-order valence-electron chi connectivity index (χ0n) is 9.54. The summed E-state index contributed by atoms with van der Waals surface area (Å²) < 4.78 is 1.50. The lowest BCUT2D eigenvalue weighted by molar-refractivity contribution is 0.954. The predicted molar refractivity (Wildman–Crippen MR) is 72.6 cm³/mol. The number of fused-ring (bicyclic) bond motifs is 1. The molecule has 6 heteroatoms. The highest BCUT2D eigenvalue weighted by Gasteiger charge is 2.09. The normalized spacial score (nSPS) is 10.9. The summed E-state index contributed by atoms with van der Waals surface area (Å²) in [6.45, 7) is 0. The van der Waals surface area contributed by atoms with E-state index in [0.717, 1.165) is 5.56 Å². The highest BCUT2D eigenvalue weighted by Crippen LogP contribution is 2.25. The van der Waals surface area contributed by atoms with Gasteiger partial charge in [-0.25, -0.2) is 9.50 Å². The summed E-state index contributed by atoms with van der Waals surface area (Å²) in [5.41, 5.74) is 15.0. The van der Waals surface area contributed by atoms with Crippen LogP contribution in [0.4, 0.5) is 11.5 Å². The molecule has 0 aliphatic rings. The van der Waals surface area contributed by atoms with Crippen molar-refractivity contribution in [2.24, 2.45) is 0 Å². The summed E-state index contributed by atoms with van der Waals surface area (Å²) in [6, 6.07) is 9.20. The summed E-state index contributed by atoms with van der Waals surface area (Å²) >= 11 is 0. The number of nitrogen functional groups attached to an aromatic ring is 2. The molecule has 0 amide bonds. The van der Waals surface area contributed by atoms with E-state index in [9.17, 15) is 0 Å². The van der Waals surface area contributed by atoms with Crippen molar-refractivity contribution in [2.75, 3.05) is 11.5 Å². The maximum Gasteiger partial charge on any atom is 0.150 e. The summed E-state index contributed by atoms with van der Waals surface area (Å²) in [7, 11) is 5.80. The van der Waals surface area contributed by atoms with Gasteiger partial charge in [0.1, 0.15) is 13.7 Å². The number of rotatable bonds is 1. The van der Waals surface area contributed by atoms with Crippen LogP contribution in [0.2, 0.25) is 0 Å². The number of para-hydroxylation sites is 1. The zero-order chi connectivity index (χ0) is 12.7. The molecule has 0 fully saturated rings. The Labute approximate surface area is 105 Å². The molecule has 0 bridgehead atoms. The van der Waals surface area contributed by atoms with Gasteiger partial charge in [-0.1, -0.05) is 18.2 Å². The second kappa shape index (κ2) is 3.77. The van der Waals surface area contributed by atoms with Crippen molar-refractivity contribution in [3.05, 3.63) is 36.5 Å². The quantitative estimate of drug-likeness (QED) is 0.471. The van der Waals surface area contributed by atoms with E-state index < -0.39 is 0 Å². The van der Waals surface area contributed by atoms with E-state index in [0.29, 0.717) is 28.3 Å². The molecule has 0 aliphatic carbocycles. The van der Waals surface area contributed by atoms with Crippen LogP contribution in [0.15, 0.2) is 36.5 Å². The number of nitrogens with two attached hydrogens (primary N) is 2. The van der Waals surface area contributed by atoms with Crippen LogP contribution >= 0.6 is 0 Å². The Morgan fingerprint density at radius 3 is 2.72 bits per heavy atom. The maximum atomic E-state index is 5.93. The molecule has 2 radical (unpaired) electrons. The Morgan fingerprint density at radius 2 is 1.94 bits per heavy atom. The molecule has 3 rings (SSSR count). The van der Waals surface area contributed by atoms with Gasteiger partial charge in [-0.3, -0.25) is 0 Å². The van der Waals surface area contributed by atoms with Gasteiger partial charge in [0.25, 0.3) is 0 Å². The van der Waals surface area contributed by atoms with Gasteiger partial charge in [-0.05, 0) is 11.5 Å². The largest absolute Gasteiger partial charge is 0.398 e. The molecule has 0 aliphatic heterocycles. The Kier molecular flexibility index (Phi) is 2.23. The van der Waals surface area contributed by atoms with E-state index in [1.165, 1.54) is 10.7 Å². The average molecular weight is 235 g/mol. The number of hydrogen-bond acceptors (Lipinski definition) is 4. The van der Waals surface area contributed by atoms with Gasteiger partial charge in [-0.15, -0.1) is 0 Å². The van der Waals surface area contributed by atoms with Crippen LogP contribution < -0.4 is 16.9 Å². The van der Waals surface area contributed by atoms with Gasteiger partial charge >= 0.3 is 0 Å². The second-order valence-electron chi connectivity index (χ2n) is 3.99. The lowest BCUT2D eigenvalue weighted by Crippen LogP contribution is -2.07. The fraction of sp³-hybridized carbons (Fsp3) is 0. The molecule has 3 aromatic rings. The number of hydrogen-bond donors (Lipinski definition) is 2. The molecule has 18 heavy (non-hydrogen) atoms. The predicted octanol–water partition coefficient (Wildman–Crippen LogP) is 0.354. The number of anilines is 2. The van der Waals surface area contributed by atoms with Crippen LogP contribution in [0.5, 0.6) is 0 Å². The molecule has 0 spiro atoms. The van der Waals surface area contributed by atoms with E-state index in [4.69, 9.17) is 19.3 Å². The lowest BCUT2D eigenvalue weighted by Gasteiger charge is -2.07. The van der Waals surface area contributed by atoms with Crippen molar-refractivity contribution < 1.29 is 0 Å². The van der Waals surface area contributed by atoms with Gasteiger partial charge in [0, 0.05) is 23.5 Å². The number of nitrogens with zero attached hydrogens (tertiary/aromatic N) is 3. The van der Waals surface area contributed by atoms with Crippen molar-refractivity contribution >= 4 is 30.5 Å². The van der Waals surface area contributed by atoms with E-state index >= 15 is 0 Å². The molecule has 86 valence electrons. The van der Waals surface area contributed by atoms with E-state index in [-0.39, 0.29) is 0 Å². The van der Waals surface area contributed by atoms with Crippen LogP contribution in [-0.2, 0) is 0 Å². The molecule has 0 atom stereocenters. The first-order valence-corrected chi connectivity index (χ1v) is 5.41. The minimum atomic E-state index is 0.468. The Hall–Kier alpha value is -2.50. The molecule has 2 heterocycles. The SMILES string of the molecule is [B]c1cnn2c(N)cc(-c3ccccc3N)nc12. The van der Waals surface area contributed by atoms with Gasteiger partial charge in [0.2, 0.25) is 0 Å². The molecule has 0 saturated heterocycles. The number of aromatic nitrogens is 3. The third-order valence-corrected chi connectivity index (χ3v) is 2.76. The van der Waals surface area contributed by atoms with Crippen molar-refractivity contribution in [3.63, 3.8) is 0 Å². The first-order chi connectivity index (χ1) is 8.66. The first-order valence-electron chi connectivity index (χ1n) is 5.41. The molecule has 4 N–H and O–H groups in total. The molecule has 0 unspecified atom stereocenters. The van der Waals surface area contributed by atoms with E-state index in [1.807, 2.05) is 24.3 Å². The van der Waals surface area contributed by atoms with E-state index in [2.05, 4.69) is 10.1 Å². The minimum absolute atomic E-state index is 0.468. The molecule has 2 aromatic heterocycles. The summed E-state index contributed by atoms with van der Waals surface area (Å²) in [5, 5.41) is 4.05. The Balaban J connectivity index is 2.31. The molecule has 0 saturated carbocycles. The Morgan fingerprint density at radius 1 is 1.17 bits per heavy atom. The fourth-order valence-electron chi connectivity index (χ4n) is 1.87.